The lowest BCUT2D eigenvalue weighted by molar-refractivity contribution is -0.683. The number of aryl methyl sites for hydroxylation is 3. The predicted octanol–water partition coefficient (Wildman–Crippen LogP) is 0.0161. The van der Waals surface area contributed by atoms with Crippen LogP contribution in [0.1, 0.15) is 19.3 Å². The summed E-state index contributed by atoms with van der Waals surface area (Å²) in [5.74, 6) is 1.24. The van der Waals surface area contributed by atoms with Gasteiger partial charge in [0.1, 0.15) is 0 Å². The van der Waals surface area contributed by atoms with E-state index in [-0.39, 0.29) is 0 Å². The van der Waals surface area contributed by atoms with E-state index in [1.54, 1.807) is 10.9 Å². The van der Waals surface area contributed by atoms with Crippen molar-refractivity contribution in [2.75, 3.05) is 25.4 Å². The number of azo groups is 1. The molecule has 0 aliphatic rings. The molecule has 0 radical (unpaired) electrons. The van der Waals surface area contributed by atoms with E-state index in [4.69, 9.17) is 22.9 Å². The zero-order valence-electron chi connectivity index (χ0n) is 14.6. The van der Waals surface area contributed by atoms with Crippen LogP contribution in [-0.4, -0.2) is 34.0 Å². The van der Waals surface area contributed by atoms with Crippen molar-refractivity contribution in [3.05, 3.63) is 18.6 Å². The molecule has 0 bridgehead atoms. The van der Waals surface area contributed by atoms with Gasteiger partial charge in [-0.3, -0.25) is 0 Å². The fraction of sp³-hybridized carbons (Fsp3) is 0.600. The third-order valence-corrected chi connectivity index (χ3v) is 3.83. The summed E-state index contributed by atoms with van der Waals surface area (Å²) in [4.78, 5) is 0. The summed E-state index contributed by atoms with van der Waals surface area (Å²) in [6, 6.07) is 0. The Morgan fingerprint density at radius 3 is 2.44 bits per heavy atom. The van der Waals surface area contributed by atoms with Gasteiger partial charge in [0.15, 0.2) is 11.5 Å². The number of nitrogens with zero attached hydrogens (tertiary/aromatic N) is 6. The molecule has 0 atom stereocenters. The number of hydrogen-bond acceptors (Lipinski definition) is 7. The highest BCUT2D eigenvalue weighted by Crippen LogP contribution is 2.23. The minimum Gasteiger partial charge on any atom is -0.382 e. The number of rotatable bonds is 11. The fourth-order valence-corrected chi connectivity index (χ4v) is 2.43. The van der Waals surface area contributed by atoms with Gasteiger partial charge in [-0.1, -0.05) is 5.11 Å². The van der Waals surface area contributed by atoms with Gasteiger partial charge >= 0.3 is 5.95 Å². The molecule has 0 aromatic carbocycles. The lowest BCUT2D eigenvalue weighted by Crippen LogP contribution is -2.33. The highest BCUT2D eigenvalue weighted by molar-refractivity contribution is 5.56. The molecule has 8 N–H and O–H groups in total. The molecule has 2 aromatic rings. The molecule has 0 unspecified atom stereocenters. The zero-order valence-corrected chi connectivity index (χ0v) is 14.6. The van der Waals surface area contributed by atoms with Crippen molar-refractivity contribution < 1.29 is 4.57 Å². The van der Waals surface area contributed by atoms with Crippen LogP contribution >= 0.6 is 0 Å². The minimum atomic E-state index is 0.491. The van der Waals surface area contributed by atoms with Gasteiger partial charge in [-0.05, 0) is 38.9 Å². The molecule has 0 saturated carbocycles. The smallest absolute Gasteiger partial charge is 0.382 e. The van der Waals surface area contributed by atoms with Crippen LogP contribution in [-0.2, 0) is 19.6 Å². The lowest BCUT2D eigenvalue weighted by Gasteiger charge is -2.01. The van der Waals surface area contributed by atoms with Gasteiger partial charge in [0.05, 0.1) is 31.7 Å². The first-order chi connectivity index (χ1) is 12.2. The number of hydrogen-bond donors (Lipinski definition) is 4. The third kappa shape index (κ3) is 5.08. The third-order valence-electron chi connectivity index (χ3n) is 3.83. The summed E-state index contributed by atoms with van der Waals surface area (Å²) < 4.78 is 5.75. The summed E-state index contributed by atoms with van der Waals surface area (Å²) in [5, 5.41) is 12.9. The molecular weight excluding hydrogens is 320 g/mol. The van der Waals surface area contributed by atoms with Crippen LogP contribution < -0.4 is 27.5 Å². The molecule has 2 heterocycles. The van der Waals surface area contributed by atoms with Gasteiger partial charge in [0.25, 0.3) is 0 Å². The Morgan fingerprint density at radius 1 is 1.00 bits per heavy atom. The maximum atomic E-state index is 6.08. The van der Waals surface area contributed by atoms with Crippen LogP contribution in [0.2, 0.25) is 0 Å². The Bertz CT molecular complexity index is 646. The van der Waals surface area contributed by atoms with Crippen molar-refractivity contribution in [2.24, 2.45) is 27.4 Å². The Hall–Kier alpha value is -2.30. The van der Waals surface area contributed by atoms with E-state index < -0.39 is 0 Å². The maximum absolute atomic E-state index is 6.08. The minimum absolute atomic E-state index is 0.491. The van der Waals surface area contributed by atoms with Gasteiger partial charge in [0.2, 0.25) is 0 Å². The Kier molecular flexibility index (Phi) is 7.51. The van der Waals surface area contributed by atoms with Crippen LogP contribution in [0.5, 0.6) is 0 Å². The van der Waals surface area contributed by atoms with Crippen LogP contribution in [0.3, 0.4) is 0 Å². The van der Waals surface area contributed by atoms with Crippen LogP contribution in [0.4, 0.5) is 17.5 Å². The van der Waals surface area contributed by atoms with E-state index in [9.17, 15) is 0 Å². The van der Waals surface area contributed by atoms with Crippen LogP contribution in [0.15, 0.2) is 28.8 Å². The monoisotopic (exact) mass is 349 g/mol. The van der Waals surface area contributed by atoms with Crippen LogP contribution in [0, 0.1) is 0 Å². The molecule has 2 rings (SSSR count). The van der Waals surface area contributed by atoms with E-state index in [1.807, 2.05) is 21.5 Å². The standard InChI is InChI=1S/C15H28N10/c16-4-1-7-23-10-11-24(8-2-5-17)15(23)22-21-13-12-20-25(14(13)19)9-3-6-18/h10-12,19H,1-9,16-18H2/p+1. The van der Waals surface area contributed by atoms with Gasteiger partial charge in [-0.15, -0.1) is 0 Å². The SMILES string of the molecule is NCCCn1cc[n+](CCCN)c1N=Nc1cnn(CCCN)c1N. The first-order valence-corrected chi connectivity index (χ1v) is 8.63. The molecule has 0 amide bonds. The summed E-state index contributed by atoms with van der Waals surface area (Å²) in [6.07, 6.45) is 8.12. The second-order valence-corrected chi connectivity index (χ2v) is 5.75. The average molecular weight is 349 g/mol. The first-order valence-electron chi connectivity index (χ1n) is 8.63. The molecule has 0 saturated heterocycles. The van der Waals surface area contributed by atoms with E-state index >= 15 is 0 Å². The average Bonchev–Trinajstić information content (AvgIpc) is 3.17. The molecule has 0 spiro atoms. The zero-order chi connectivity index (χ0) is 18.1. The van der Waals surface area contributed by atoms with Crippen molar-refractivity contribution in [3.63, 3.8) is 0 Å². The molecule has 10 nitrogen and oxygen atoms in total. The van der Waals surface area contributed by atoms with Crippen LogP contribution in [0.25, 0.3) is 0 Å². The Labute approximate surface area is 147 Å². The summed E-state index contributed by atoms with van der Waals surface area (Å²) in [7, 11) is 0. The normalized spacial score (nSPS) is 11.6. The Morgan fingerprint density at radius 2 is 1.72 bits per heavy atom. The molecule has 138 valence electrons. The molecule has 10 heteroatoms. The number of nitrogen functional groups attached to an aromatic ring is 1. The van der Waals surface area contributed by atoms with E-state index in [2.05, 4.69) is 15.3 Å². The second-order valence-electron chi connectivity index (χ2n) is 5.75. The van der Waals surface area contributed by atoms with Crippen molar-refractivity contribution in [1.82, 2.24) is 14.3 Å². The predicted molar refractivity (Wildman–Crippen MR) is 96.5 cm³/mol. The highest BCUT2D eigenvalue weighted by atomic mass is 15.3. The first kappa shape index (κ1) is 19.0. The maximum Gasteiger partial charge on any atom is 0.421 e. The van der Waals surface area contributed by atoms with Gasteiger partial charge < -0.3 is 22.9 Å². The van der Waals surface area contributed by atoms with E-state index in [1.165, 1.54) is 0 Å². The van der Waals surface area contributed by atoms with E-state index in [0.29, 0.717) is 37.7 Å². The Balaban J connectivity index is 2.20. The largest absolute Gasteiger partial charge is 0.421 e. The van der Waals surface area contributed by atoms with Gasteiger partial charge in [0, 0.05) is 11.7 Å². The quantitative estimate of drug-likeness (QED) is 0.332. The topological polar surface area (TPSA) is 155 Å². The van der Waals surface area contributed by atoms with Gasteiger partial charge in [-0.25, -0.2) is 13.8 Å². The van der Waals surface area contributed by atoms with Crippen molar-refractivity contribution >= 4 is 17.5 Å². The molecule has 25 heavy (non-hydrogen) atoms. The molecule has 0 aliphatic heterocycles. The number of aromatic nitrogens is 4. The van der Waals surface area contributed by atoms with Crippen molar-refractivity contribution in [3.8, 4) is 0 Å². The van der Waals surface area contributed by atoms with Crippen molar-refractivity contribution in [1.29, 1.82) is 0 Å². The molecule has 0 fully saturated rings. The molecule has 2 aromatic heterocycles. The highest BCUT2D eigenvalue weighted by Gasteiger charge is 2.17. The number of nitrogens with two attached hydrogens (primary N) is 4. The summed E-state index contributed by atoms with van der Waals surface area (Å²) in [6.45, 7) is 4.07. The van der Waals surface area contributed by atoms with Crippen molar-refractivity contribution in [2.45, 2.75) is 38.9 Å². The fourth-order valence-electron chi connectivity index (χ4n) is 2.43. The number of anilines is 1. The summed E-state index contributed by atoms with van der Waals surface area (Å²) >= 11 is 0. The lowest BCUT2D eigenvalue weighted by atomic mass is 10.4. The molecular formula is C15H29N10+. The van der Waals surface area contributed by atoms with Gasteiger partial charge in [-0.2, -0.15) is 5.10 Å². The molecule has 0 aliphatic carbocycles. The van der Waals surface area contributed by atoms with E-state index in [0.717, 1.165) is 38.3 Å². The summed E-state index contributed by atoms with van der Waals surface area (Å²) in [5.41, 5.74) is 23.4. The second kappa shape index (κ2) is 9.87. The number of imidazole rings is 1.